The van der Waals surface area contributed by atoms with Crippen LogP contribution in [0.3, 0.4) is 0 Å². The molecule has 0 spiro atoms. The molecule has 5 heteroatoms. The molecule has 0 radical (unpaired) electrons. The number of ether oxygens (including phenoxy) is 1. The minimum atomic E-state index is -0.175. The molecule has 1 amide bonds. The van der Waals surface area contributed by atoms with Crippen molar-refractivity contribution in [3.05, 3.63) is 78.0 Å². The standard InChI is InChI=1S/C25H24N2O3/c28-22-15-24(30-23-11-5-4-10-19(22)23)18-9-6-14-27(16-18)25(29)21-13-12-20(26-21)17-7-2-1-3-8-17/h1-5,7-8,10-13,18,24,26H,6,9,14-16H2. The number of piperidine rings is 1. The van der Waals surface area contributed by atoms with Gasteiger partial charge in [-0.2, -0.15) is 0 Å². The van der Waals surface area contributed by atoms with Crippen molar-refractivity contribution >= 4 is 11.7 Å². The van der Waals surface area contributed by atoms with E-state index in [0.29, 0.717) is 30.0 Å². The van der Waals surface area contributed by atoms with Crippen LogP contribution in [0.1, 0.15) is 40.1 Å². The van der Waals surface area contributed by atoms with Gasteiger partial charge in [0, 0.05) is 31.1 Å². The molecular weight excluding hydrogens is 376 g/mol. The van der Waals surface area contributed by atoms with Crippen molar-refractivity contribution in [2.24, 2.45) is 5.92 Å². The van der Waals surface area contributed by atoms with Crippen molar-refractivity contribution in [1.29, 1.82) is 0 Å². The summed E-state index contributed by atoms with van der Waals surface area (Å²) in [5, 5.41) is 0. The number of likely N-dealkylation sites (tertiary alicyclic amines) is 1. The van der Waals surface area contributed by atoms with Crippen molar-refractivity contribution < 1.29 is 14.3 Å². The number of benzene rings is 2. The molecule has 0 saturated carbocycles. The van der Waals surface area contributed by atoms with E-state index in [9.17, 15) is 9.59 Å². The van der Waals surface area contributed by atoms with Gasteiger partial charge < -0.3 is 14.6 Å². The van der Waals surface area contributed by atoms with Gasteiger partial charge in [0.1, 0.15) is 17.5 Å². The number of nitrogens with one attached hydrogen (secondary N) is 1. The Morgan fingerprint density at radius 2 is 1.80 bits per heavy atom. The lowest BCUT2D eigenvalue weighted by Gasteiger charge is -2.38. The molecule has 2 aliphatic heterocycles. The third-order valence-corrected chi connectivity index (χ3v) is 6.12. The third-order valence-electron chi connectivity index (χ3n) is 6.12. The van der Waals surface area contributed by atoms with Crippen LogP contribution < -0.4 is 4.74 Å². The molecule has 5 nitrogen and oxygen atoms in total. The molecule has 152 valence electrons. The Balaban J connectivity index is 1.30. The monoisotopic (exact) mass is 400 g/mol. The highest BCUT2D eigenvalue weighted by atomic mass is 16.5. The Bertz CT molecular complexity index is 1070. The Morgan fingerprint density at radius 3 is 2.67 bits per heavy atom. The first kappa shape index (κ1) is 18.7. The highest BCUT2D eigenvalue weighted by Crippen LogP contribution is 2.33. The number of hydrogen-bond acceptors (Lipinski definition) is 3. The predicted molar refractivity (Wildman–Crippen MR) is 115 cm³/mol. The van der Waals surface area contributed by atoms with Gasteiger partial charge in [-0.25, -0.2) is 0 Å². The number of ketones is 1. The summed E-state index contributed by atoms with van der Waals surface area (Å²) in [7, 11) is 0. The first-order chi connectivity index (χ1) is 14.7. The largest absolute Gasteiger partial charge is 0.489 e. The number of H-pyrrole nitrogens is 1. The van der Waals surface area contributed by atoms with Crippen molar-refractivity contribution in [3.8, 4) is 17.0 Å². The molecule has 2 atom stereocenters. The molecular formula is C25H24N2O3. The SMILES string of the molecule is O=C1CC(C2CCCN(C(=O)c3ccc(-c4ccccc4)[nH]3)C2)Oc2ccccc21. The Labute approximate surface area is 175 Å². The number of aromatic nitrogens is 1. The van der Waals surface area contributed by atoms with Crippen LogP contribution in [-0.4, -0.2) is 40.8 Å². The smallest absolute Gasteiger partial charge is 0.270 e. The van der Waals surface area contributed by atoms with Crippen LogP contribution in [0.5, 0.6) is 5.75 Å². The zero-order valence-corrected chi connectivity index (χ0v) is 16.7. The molecule has 2 unspecified atom stereocenters. The highest BCUT2D eigenvalue weighted by Gasteiger charge is 2.36. The number of para-hydroxylation sites is 1. The summed E-state index contributed by atoms with van der Waals surface area (Å²) in [4.78, 5) is 30.8. The third kappa shape index (κ3) is 3.52. The van der Waals surface area contributed by atoms with Gasteiger partial charge >= 0.3 is 0 Å². The van der Waals surface area contributed by atoms with Gasteiger partial charge in [-0.15, -0.1) is 0 Å². The zero-order valence-electron chi connectivity index (χ0n) is 16.7. The van der Waals surface area contributed by atoms with Gasteiger partial charge in [-0.05, 0) is 42.7 Å². The summed E-state index contributed by atoms with van der Waals surface area (Å²) < 4.78 is 6.17. The number of rotatable bonds is 3. The number of amides is 1. The number of aromatic amines is 1. The molecule has 1 fully saturated rings. The van der Waals surface area contributed by atoms with Gasteiger partial charge in [0.15, 0.2) is 5.78 Å². The molecule has 2 aromatic carbocycles. The van der Waals surface area contributed by atoms with E-state index in [1.807, 2.05) is 71.6 Å². The fourth-order valence-corrected chi connectivity index (χ4v) is 4.53. The van der Waals surface area contributed by atoms with Crippen LogP contribution in [0, 0.1) is 5.92 Å². The summed E-state index contributed by atoms with van der Waals surface area (Å²) in [5.74, 6) is 0.953. The molecule has 0 bridgehead atoms. The molecule has 0 aliphatic carbocycles. The number of carbonyl (C=O) groups excluding carboxylic acids is 2. The quantitative estimate of drug-likeness (QED) is 0.701. The van der Waals surface area contributed by atoms with Gasteiger partial charge in [-0.1, -0.05) is 42.5 Å². The predicted octanol–water partition coefficient (Wildman–Crippen LogP) is 4.57. The molecule has 1 saturated heterocycles. The van der Waals surface area contributed by atoms with Crippen LogP contribution in [0.2, 0.25) is 0 Å². The van der Waals surface area contributed by atoms with Gasteiger partial charge in [0.05, 0.1) is 5.56 Å². The molecule has 5 rings (SSSR count). The molecule has 1 aromatic heterocycles. The minimum Gasteiger partial charge on any atom is -0.489 e. The van der Waals surface area contributed by atoms with Crippen molar-refractivity contribution in [2.45, 2.75) is 25.4 Å². The molecule has 1 N–H and O–H groups in total. The zero-order chi connectivity index (χ0) is 20.5. The maximum atomic E-state index is 13.1. The summed E-state index contributed by atoms with van der Waals surface area (Å²) in [6, 6.07) is 21.2. The van der Waals surface area contributed by atoms with Crippen molar-refractivity contribution in [1.82, 2.24) is 9.88 Å². The van der Waals surface area contributed by atoms with E-state index in [0.717, 1.165) is 30.6 Å². The highest BCUT2D eigenvalue weighted by molar-refractivity contribution is 6.00. The maximum Gasteiger partial charge on any atom is 0.270 e. The van der Waals surface area contributed by atoms with Crippen LogP contribution in [-0.2, 0) is 0 Å². The number of hydrogen-bond donors (Lipinski definition) is 1. The molecule has 30 heavy (non-hydrogen) atoms. The van der Waals surface area contributed by atoms with Crippen LogP contribution in [0.25, 0.3) is 11.3 Å². The summed E-state index contributed by atoms with van der Waals surface area (Å²) in [6.45, 7) is 1.34. The lowest BCUT2D eigenvalue weighted by atomic mass is 9.87. The second-order valence-corrected chi connectivity index (χ2v) is 8.08. The van der Waals surface area contributed by atoms with E-state index in [1.54, 1.807) is 0 Å². The number of fused-ring (bicyclic) bond motifs is 1. The van der Waals surface area contributed by atoms with Crippen LogP contribution in [0.15, 0.2) is 66.7 Å². The first-order valence-electron chi connectivity index (χ1n) is 10.5. The second kappa shape index (κ2) is 7.82. The average molecular weight is 400 g/mol. The van der Waals surface area contributed by atoms with Gasteiger partial charge in [0.25, 0.3) is 5.91 Å². The Kier molecular flexibility index (Phi) is 4.87. The maximum absolute atomic E-state index is 13.1. The number of Topliss-reactive ketones (excluding diaryl/α,β-unsaturated/α-hetero) is 1. The topological polar surface area (TPSA) is 62.4 Å². The Hall–Kier alpha value is -3.34. The summed E-state index contributed by atoms with van der Waals surface area (Å²) in [6.07, 6.45) is 2.08. The molecule has 3 aromatic rings. The normalized spacial score (nSPS) is 21.1. The van der Waals surface area contributed by atoms with Gasteiger partial charge in [0.2, 0.25) is 0 Å². The lowest BCUT2D eigenvalue weighted by molar-refractivity contribution is 0.0406. The minimum absolute atomic E-state index is 0.00409. The van der Waals surface area contributed by atoms with E-state index < -0.39 is 0 Å². The fraction of sp³-hybridized carbons (Fsp3) is 0.280. The van der Waals surface area contributed by atoms with Crippen LogP contribution in [0.4, 0.5) is 0 Å². The van der Waals surface area contributed by atoms with E-state index in [4.69, 9.17) is 4.74 Å². The fourth-order valence-electron chi connectivity index (χ4n) is 4.53. The van der Waals surface area contributed by atoms with Gasteiger partial charge in [-0.3, -0.25) is 9.59 Å². The van der Waals surface area contributed by atoms with E-state index in [2.05, 4.69) is 4.98 Å². The van der Waals surface area contributed by atoms with Crippen molar-refractivity contribution in [2.75, 3.05) is 13.1 Å². The second-order valence-electron chi connectivity index (χ2n) is 8.08. The molecule has 2 aliphatic rings. The summed E-state index contributed by atoms with van der Waals surface area (Å²) in [5.41, 5.74) is 3.25. The Morgan fingerprint density at radius 1 is 1.00 bits per heavy atom. The first-order valence-corrected chi connectivity index (χ1v) is 10.5. The average Bonchev–Trinajstić information content (AvgIpc) is 3.30. The number of carbonyl (C=O) groups is 2. The van der Waals surface area contributed by atoms with E-state index >= 15 is 0 Å². The molecule has 3 heterocycles. The number of nitrogens with zero attached hydrogens (tertiary/aromatic N) is 1. The van der Waals surface area contributed by atoms with Crippen molar-refractivity contribution in [3.63, 3.8) is 0 Å². The lowest BCUT2D eigenvalue weighted by Crippen LogP contribution is -2.46. The van der Waals surface area contributed by atoms with Crippen LogP contribution >= 0.6 is 0 Å². The van der Waals surface area contributed by atoms with E-state index in [-0.39, 0.29) is 23.7 Å². The summed E-state index contributed by atoms with van der Waals surface area (Å²) >= 11 is 0. The van der Waals surface area contributed by atoms with E-state index in [1.165, 1.54) is 0 Å².